The van der Waals surface area contributed by atoms with Crippen molar-refractivity contribution in [3.63, 3.8) is 0 Å². The summed E-state index contributed by atoms with van der Waals surface area (Å²) in [5.74, 6) is -0.680. The average Bonchev–Trinajstić information content (AvgIpc) is 3.12. The second-order valence-electron chi connectivity index (χ2n) is 9.91. The Morgan fingerprint density at radius 1 is 1.00 bits per heavy atom. The molecule has 2 amide bonds. The number of carbonyl (C=O) groups is 2. The number of carbonyl (C=O) groups excluding carboxylic acids is 2. The monoisotopic (exact) mass is 464 g/mol. The van der Waals surface area contributed by atoms with Crippen LogP contribution in [0.1, 0.15) is 110 Å². The molecule has 7 nitrogen and oxygen atoms in total. The number of nitrogens with one attached hydrogen (secondary N) is 1. The Labute approximate surface area is 201 Å². The van der Waals surface area contributed by atoms with Crippen LogP contribution in [-0.2, 0) is 0 Å². The van der Waals surface area contributed by atoms with Gasteiger partial charge < -0.3 is 14.8 Å². The van der Waals surface area contributed by atoms with Crippen LogP contribution in [0, 0.1) is 0 Å². The summed E-state index contributed by atoms with van der Waals surface area (Å²) in [6.45, 7) is 4.54. The van der Waals surface area contributed by atoms with Gasteiger partial charge in [-0.3, -0.25) is 19.4 Å². The van der Waals surface area contributed by atoms with E-state index < -0.39 is 5.43 Å². The minimum Gasteiger partial charge on any atom is -0.350 e. The molecular weight excluding hydrogens is 428 g/mol. The van der Waals surface area contributed by atoms with Crippen LogP contribution in [0.5, 0.6) is 0 Å². The van der Waals surface area contributed by atoms with E-state index in [1.807, 2.05) is 26.0 Å². The molecule has 0 spiro atoms. The van der Waals surface area contributed by atoms with Crippen LogP contribution in [0.2, 0.25) is 0 Å². The van der Waals surface area contributed by atoms with Crippen molar-refractivity contribution in [3.05, 3.63) is 63.8 Å². The fourth-order valence-electron chi connectivity index (χ4n) is 5.15. The maximum Gasteiger partial charge on any atom is 0.259 e. The third-order valence-corrected chi connectivity index (χ3v) is 7.14. The largest absolute Gasteiger partial charge is 0.350 e. The maximum atomic E-state index is 13.7. The molecule has 2 aromatic heterocycles. The van der Waals surface area contributed by atoms with Gasteiger partial charge in [-0.05, 0) is 57.6 Å². The Morgan fingerprint density at radius 3 is 2.38 bits per heavy atom. The number of hydrogen-bond donors (Lipinski definition) is 1. The van der Waals surface area contributed by atoms with Crippen molar-refractivity contribution >= 4 is 11.8 Å². The van der Waals surface area contributed by atoms with E-state index in [1.54, 1.807) is 34.3 Å². The summed E-state index contributed by atoms with van der Waals surface area (Å²) in [6.07, 6.45) is 15.9. The van der Waals surface area contributed by atoms with Crippen molar-refractivity contribution < 1.29 is 9.59 Å². The van der Waals surface area contributed by atoms with E-state index in [2.05, 4.69) is 10.3 Å². The molecule has 34 heavy (non-hydrogen) atoms. The van der Waals surface area contributed by atoms with Gasteiger partial charge in [0.05, 0.1) is 6.04 Å². The molecule has 0 bridgehead atoms. The normalized spacial score (nSPS) is 19.6. The van der Waals surface area contributed by atoms with Crippen LogP contribution in [0.25, 0.3) is 0 Å². The second-order valence-corrected chi connectivity index (χ2v) is 9.91. The molecular formula is C27H36N4O3. The van der Waals surface area contributed by atoms with Crippen molar-refractivity contribution in [3.8, 4) is 0 Å². The van der Waals surface area contributed by atoms with E-state index in [4.69, 9.17) is 0 Å². The summed E-state index contributed by atoms with van der Waals surface area (Å²) < 4.78 is 1.81. The predicted octanol–water partition coefficient (Wildman–Crippen LogP) is 4.64. The Bertz CT molecular complexity index is 1060. The SMILES string of the molecule is CC(C)n1cc(C(=O)NC2CCCCCC2)c(=O)c(C(=O)N2CCCCC2c2cccnc2)c1. The highest BCUT2D eigenvalue weighted by Crippen LogP contribution is 2.31. The minimum absolute atomic E-state index is 0.00653. The quantitative estimate of drug-likeness (QED) is 0.653. The second kappa shape index (κ2) is 11.0. The first-order valence-electron chi connectivity index (χ1n) is 12.7. The van der Waals surface area contributed by atoms with Gasteiger partial charge in [-0.15, -0.1) is 0 Å². The summed E-state index contributed by atoms with van der Waals surface area (Å²) in [4.78, 5) is 46.4. The first-order valence-corrected chi connectivity index (χ1v) is 12.7. The van der Waals surface area contributed by atoms with Crippen LogP contribution in [0.15, 0.2) is 41.7 Å². The highest BCUT2D eigenvalue weighted by Gasteiger charge is 2.31. The average molecular weight is 465 g/mol. The summed E-state index contributed by atoms with van der Waals surface area (Å²) in [7, 11) is 0. The molecule has 0 aromatic carbocycles. The molecule has 2 fully saturated rings. The van der Waals surface area contributed by atoms with Crippen LogP contribution in [-0.4, -0.2) is 38.9 Å². The number of hydrogen-bond acceptors (Lipinski definition) is 4. The van der Waals surface area contributed by atoms with Gasteiger partial charge in [0.15, 0.2) is 0 Å². The van der Waals surface area contributed by atoms with Crippen molar-refractivity contribution in [2.24, 2.45) is 0 Å². The first kappa shape index (κ1) is 24.2. The van der Waals surface area contributed by atoms with Gasteiger partial charge in [0.25, 0.3) is 11.8 Å². The zero-order valence-corrected chi connectivity index (χ0v) is 20.3. The molecule has 1 unspecified atom stereocenters. The highest BCUT2D eigenvalue weighted by atomic mass is 16.2. The zero-order valence-electron chi connectivity index (χ0n) is 20.3. The topological polar surface area (TPSA) is 84.3 Å². The van der Waals surface area contributed by atoms with Crippen LogP contribution >= 0.6 is 0 Å². The van der Waals surface area contributed by atoms with Crippen LogP contribution < -0.4 is 10.7 Å². The molecule has 182 valence electrons. The van der Waals surface area contributed by atoms with Crippen molar-refractivity contribution in [2.45, 2.75) is 89.8 Å². The number of pyridine rings is 2. The third-order valence-electron chi connectivity index (χ3n) is 7.14. The highest BCUT2D eigenvalue weighted by molar-refractivity contribution is 5.99. The number of nitrogens with zero attached hydrogens (tertiary/aromatic N) is 3. The number of aromatic nitrogens is 2. The molecule has 3 heterocycles. The molecule has 1 aliphatic carbocycles. The van der Waals surface area contributed by atoms with Gasteiger partial charge in [0.1, 0.15) is 11.1 Å². The Morgan fingerprint density at radius 2 is 1.71 bits per heavy atom. The van der Waals surface area contributed by atoms with E-state index in [0.717, 1.165) is 50.5 Å². The van der Waals surface area contributed by atoms with Gasteiger partial charge in [0, 0.05) is 43.4 Å². The molecule has 2 aromatic rings. The molecule has 1 saturated heterocycles. The van der Waals surface area contributed by atoms with E-state index in [1.165, 1.54) is 12.8 Å². The smallest absolute Gasteiger partial charge is 0.259 e. The molecule has 1 N–H and O–H groups in total. The fourth-order valence-corrected chi connectivity index (χ4v) is 5.15. The number of piperidine rings is 1. The molecule has 2 aliphatic rings. The lowest BCUT2D eigenvalue weighted by molar-refractivity contribution is 0.0608. The minimum atomic E-state index is -0.483. The van der Waals surface area contributed by atoms with Gasteiger partial charge in [-0.2, -0.15) is 0 Å². The van der Waals surface area contributed by atoms with Crippen LogP contribution in [0.4, 0.5) is 0 Å². The summed E-state index contributed by atoms with van der Waals surface area (Å²) >= 11 is 0. The molecule has 7 heteroatoms. The molecule has 1 aliphatic heterocycles. The van der Waals surface area contributed by atoms with Crippen molar-refractivity contribution in [1.29, 1.82) is 0 Å². The molecule has 0 radical (unpaired) electrons. The molecule has 1 saturated carbocycles. The number of rotatable bonds is 5. The number of amides is 2. The fraction of sp³-hybridized carbons (Fsp3) is 0.556. The van der Waals surface area contributed by atoms with Crippen LogP contribution in [0.3, 0.4) is 0 Å². The van der Waals surface area contributed by atoms with Gasteiger partial charge in [-0.1, -0.05) is 31.7 Å². The van der Waals surface area contributed by atoms with Gasteiger partial charge >= 0.3 is 0 Å². The predicted molar refractivity (Wildman–Crippen MR) is 132 cm³/mol. The third kappa shape index (κ3) is 5.40. The summed E-state index contributed by atoms with van der Waals surface area (Å²) in [5.41, 5.74) is 0.613. The lowest BCUT2D eigenvalue weighted by Crippen LogP contribution is -2.43. The summed E-state index contributed by atoms with van der Waals surface area (Å²) in [6, 6.07) is 3.82. The standard InChI is InChI=1S/C27H36N4O3/c1-19(2)30-17-22(26(33)29-21-11-5-3-4-6-12-21)25(32)23(18-30)27(34)31-15-8-7-13-24(31)20-10-9-14-28-16-20/h9-10,14,16-19,21,24H,3-8,11-13,15H2,1-2H3,(H,29,33). The lowest BCUT2D eigenvalue weighted by Gasteiger charge is -2.36. The Hall–Kier alpha value is -2.96. The van der Waals surface area contributed by atoms with Crippen molar-refractivity contribution in [2.75, 3.05) is 6.54 Å². The first-order chi connectivity index (χ1) is 16.5. The number of likely N-dealkylation sites (tertiary alicyclic amines) is 1. The lowest BCUT2D eigenvalue weighted by atomic mass is 9.95. The molecule has 1 atom stereocenters. The summed E-state index contributed by atoms with van der Waals surface area (Å²) in [5, 5.41) is 3.08. The van der Waals surface area contributed by atoms with Gasteiger partial charge in [-0.25, -0.2) is 0 Å². The Kier molecular flexibility index (Phi) is 7.80. The maximum absolute atomic E-state index is 13.7. The molecule has 4 rings (SSSR count). The zero-order chi connectivity index (χ0) is 24.1. The van der Waals surface area contributed by atoms with Crippen molar-refractivity contribution in [1.82, 2.24) is 19.8 Å². The Balaban J connectivity index is 1.66. The van der Waals surface area contributed by atoms with E-state index in [-0.39, 0.29) is 41.1 Å². The van der Waals surface area contributed by atoms with E-state index in [9.17, 15) is 14.4 Å². The van der Waals surface area contributed by atoms with Gasteiger partial charge in [0.2, 0.25) is 5.43 Å². The van der Waals surface area contributed by atoms with E-state index >= 15 is 0 Å². The van der Waals surface area contributed by atoms with E-state index in [0.29, 0.717) is 6.54 Å².